The lowest BCUT2D eigenvalue weighted by atomic mass is 10.4. The molecule has 7 nitrogen and oxygen atoms in total. The molecule has 0 atom stereocenters. The number of nitrogen functional groups attached to an aromatic ring is 1. The number of rotatable bonds is 4. The van der Waals surface area contributed by atoms with Crippen molar-refractivity contribution >= 4 is 23.1 Å². The number of hydrogen-bond donors (Lipinski definition) is 2. The summed E-state index contributed by atoms with van der Waals surface area (Å²) in [5.74, 6) is 1.29. The van der Waals surface area contributed by atoms with Crippen molar-refractivity contribution in [3.8, 4) is 0 Å². The minimum atomic E-state index is 0.165. The van der Waals surface area contributed by atoms with Gasteiger partial charge in [0.1, 0.15) is 6.33 Å². The van der Waals surface area contributed by atoms with Gasteiger partial charge in [-0.3, -0.25) is 4.68 Å². The van der Waals surface area contributed by atoms with Gasteiger partial charge < -0.3 is 11.1 Å². The maximum atomic E-state index is 5.69. The monoisotopic (exact) mass is 253 g/mol. The molecule has 2 rings (SSSR count). The summed E-state index contributed by atoms with van der Waals surface area (Å²) in [6.07, 6.45) is 3.81. The molecule has 2 aromatic rings. The van der Waals surface area contributed by atoms with Gasteiger partial charge in [-0.25, -0.2) is 9.97 Å². The average molecular weight is 254 g/mol. The van der Waals surface area contributed by atoms with E-state index in [1.807, 2.05) is 7.05 Å². The van der Waals surface area contributed by atoms with Crippen molar-refractivity contribution < 1.29 is 0 Å². The van der Waals surface area contributed by atoms with E-state index in [1.54, 1.807) is 11.0 Å². The van der Waals surface area contributed by atoms with Gasteiger partial charge in [0.05, 0.1) is 11.9 Å². The minimum Gasteiger partial charge on any atom is -0.394 e. The molecule has 0 saturated heterocycles. The minimum absolute atomic E-state index is 0.165. The fourth-order valence-electron chi connectivity index (χ4n) is 1.30. The number of aromatic nitrogens is 5. The van der Waals surface area contributed by atoms with Crippen LogP contribution in [0.1, 0.15) is 5.82 Å². The van der Waals surface area contributed by atoms with Crippen LogP contribution in [0.15, 0.2) is 12.5 Å². The molecule has 0 bridgehead atoms. The van der Waals surface area contributed by atoms with Crippen LogP contribution in [0, 0.1) is 0 Å². The van der Waals surface area contributed by atoms with Crippen LogP contribution in [0.3, 0.4) is 0 Å². The van der Waals surface area contributed by atoms with Crippen LogP contribution < -0.4 is 11.1 Å². The van der Waals surface area contributed by atoms with Crippen LogP contribution in [0.5, 0.6) is 0 Å². The van der Waals surface area contributed by atoms with Gasteiger partial charge in [-0.05, 0) is 11.6 Å². The molecule has 17 heavy (non-hydrogen) atoms. The summed E-state index contributed by atoms with van der Waals surface area (Å²) in [5.41, 5.74) is 6.15. The highest BCUT2D eigenvalue weighted by Gasteiger charge is 2.03. The Hall–Kier alpha value is -1.89. The molecule has 0 aliphatic carbocycles. The van der Waals surface area contributed by atoms with Gasteiger partial charge in [0.25, 0.3) is 0 Å². The van der Waals surface area contributed by atoms with Crippen LogP contribution >= 0.6 is 11.6 Å². The Bertz CT molecular complexity index is 510. The summed E-state index contributed by atoms with van der Waals surface area (Å²) in [4.78, 5) is 11.9. The Labute approximate surface area is 103 Å². The van der Waals surface area contributed by atoms with E-state index < -0.39 is 0 Å². The summed E-state index contributed by atoms with van der Waals surface area (Å²) in [6, 6.07) is 0. The molecule has 0 aliphatic rings. The molecule has 0 fully saturated rings. The fraction of sp³-hybridized carbons (Fsp3) is 0.333. The molecule has 0 aliphatic heterocycles. The highest BCUT2D eigenvalue weighted by Crippen LogP contribution is 2.15. The van der Waals surface area contributed by atoms with Crippen LogP contribution in [0.2, 0.25) is 5.28 Å². The zero-order valence-electron chi connectivity index (χ0n) is 9.26. The van der Waals surface area contributed by atoms with Crippen molar-refractivity contribution in [2.75, 3.05) is 17.6 Å². The standard InChI is InChI=1S/C9H12ClN7/c1-17-5-14-7(16-17)2-3-12-8-6(11)4-13-9(10)15-8/h4-5H,2-3,11H2,1H3,(H,12,13,15). The van der Waals surface area contributed by atoms with Crippen LogP contribution in [-0.4, -0.2) is 31.3 Å². The van der Waals surface area contributed by atoms with Crippen molar-refractivity contribution in [2.45, 2.75) is 6.42 Å². The maximum absolute atomic E-state index is 5.69. The highest BCUT2D eigenvalue weighted by molar-refractivity contribution is 6.28. The third-order valence-electron chi connectivity index (χ3n) is 2.08. The summed E-state index contributed by atoms with van der Waals surface area (Å²) in [7, 11) is 1.83. The predicted molar refractivity (Wildman–Crippen MR) is 64.7 cm³/mol. The Morgan fingerprint density at radius 2 is 2.29 bits per heavy atom. The molecule has 2 heterocycles. The molecule has 8 heteroatoms. The Morgan fingerprint density at radius 3 is 3.00 bits per heavy atom. The quantitative estimate of drug-likeness (QED) is 0.771. The van der Waals surface area contributed by atoms with Gasteiger partial charge >= 0.3 is 0 Å². The lowest BCUT2D eigenvalue weighted by molar-refractivity contribution is 0.742. The van der Waals surface area contributed by atoms with Gasteiger partial charge in [0.15, 0.2) is 11.6 Å². The normalized spacial score (nSPS) is 10.5. The van der Waals surface area contributed by atoms with Crippen LogP contribution in [0.4, 0.5) is 11.5 Å². The van der Waals surface area contributed by atoms with Crippen LogP contribution in [0.25, 0.3) is 0 Å². The predicted octanol–water partition coefficient (Wildman–Crippen LogP) is 0.495. The van der Waals surface area contributed by atoms with Crippen molar-refractivity contribution in [3.63, 3.8) is 0 Å². The molecule has 90 valence electrons. The molecular formula is C9H12ClN7. The van der Waals surface area contributed by atoms with E-state index in [9.17, 15) is 0 Å². The zero-order chi connectivity index (χ0) is 12.3. The summed E-state index contributed by atoms with van der Waals surface area (Å²) >= 11 is 5.67. The van der Waals surface area contributed by atoms with Crippen molar-refractivity contribution in [1.82, 2.24) is 24.7 Å². The summed E-state index contributed by atoms with van der Waals surface area (Å²) < 4.78 is 1.66. The SMILES string of the molecule is Cn1cnc(CCNc2nc(Cl)ncc2N)n1. The molecular weight excluding hydrogens is 242 g/mol. The smallest absolute Gasteiger partial charge is 0.224 e. The second-order valence-electron chi connectivity index (χ2n) is 3.45. The first-order valence-corrected chi connectivity index (χ1v) is 5.39. The topological polar surface area (TPSA) is 94.5 Å². The lowest BCUT2D eigenvalue weighted by Crippen LogP contribution is -2.10. The van der Waals surface area contributed by atoms with Gasteiger partial charge in [-0.15, -0.1) is 0 Å². The maximum Gasteiger partial charge on any atom is 0.224 e. The van der Waals surface area contributed by atoms with E-state index in [4.69, 9.17) is 17.3 Å². The average Bonchev–Trinajstić information content (AvgIpc) is 2.69. The molecule has 2 aromatic heterocycles. The molecule has 0 aromatic carbocycles. The number of nitrogens with one attached hydrogen (secondary N) is 1. The van der Waals surface area contributed by atoms with E-state index in [0.717, 1.165) is 5.82 Å². The van der Waals surface area contributed by atoms with E-state index in [1.165, 1.54) is 6.20 Å². The van der Waals surface area contributed by atoms with Gasteiger partial charge in [-0.2, -0.15) is 10.1 Å². The summed E-state index contributed by atoms with van der Waals surface area (Å²) in [6.45, 7) is 0.627. The van der Waals surface area contributed by atoms with Gasteiger partial charge in [0, 0.05) is 20.0 Å². The molecule has 0 unspecified atom stereocenters. The first-order chi connectivity index (χ1) is 8.15. The molecule has 0 saturated carbocycles. The highest BCUT2D eigenvalue weighted by atomic mass is 35.5. The number of halogens is 1. The van der Waals surface area contributed by atoms with Crippen LogP contribution in [-0.2, 0) is 13.5 Å². The van der Waals surface area contributed by atoms with E-state index in [0.29, 0.717) is 24.5 Å². The van der Waals surface area contributed by atoms with E-state index in [-0.39, 0.29) is 5.28 Å². The molecule has 0 radical (unpaired) electrons. The largest absolute Gasteiger partial charge is 0.394 e. The number of anilines is 2. The second kappa shape index (κ2) is 4.96. The van der Waals surface area contributed by atoms with E-state index in [2.05, 4.69) is 25.4 Å². The number of nitrogens with two attached hydrogens (primary N) is 1. The Kier molecular flexibility index (Phi) is 3.38. The first kappa shape index (κ1) is 11.6. The van der Waals surface area contributed by atoms with Crippen molar-refractivity contribution in [3.05, 3.63) is 23.6 Å². The number of aryl methyl sites for hydroxylation is 1. The van der Waals surface area contributed by atoms with Crippen molar-refractivity contribution in [2.24, 2.45) is 7.05 Å². The number of hydrogen-bond acceptors (Lipinski definition) is 6. The second-order valence-corrected chi connectivity index (χ2v) is 3.79. The third-order valence-corrected chi connectivity index (χ3v) is 2.26. The zero-order valence-corrected chi connectivity index (χ0v) is 10.0. The Balaban J connectivity index is 1.91. The van der Waals surface area contributed by atoms with Gasteiger partial charge in [0.2, 0.25) is 5.28 Å². The fourth-order valence-corrected chi connectivity index (χ4v) is 1.44. The Morgan fingerprint density at radius 1 is 1.47 bits per heavy atom. The molecule has 0 amide bonds. The van der Waals surface area contributed by atoms with Crippen molar-refractivity contribution in [1.29, 1.82) is 0 Å². The van der Waals surface area contributed by atoms with E-state index >= 15 is 0 Å². The number of nitrogens with zero attached hydrogens (tertiary/aromatic N) is 5. The summed E-state index contributed by atoms with van der Waals surface area (Å²) in [5, 5.41) is 7.38. The van der Waals surface area contributed by atoms with Gasteiger partial charge in [-0.1, -0.05) is 0 Å². The first-order valence-electron chi connectivity index (χ1n) is 5.01. The third kappa shape index (κ3) is 3.04. The molecule has 0 spiro atoms. The lowest BCUT2D eigenvalue weighted by Gasteiger charge is -2.06. The molecule has 3 N–H and O–H groups in total.